The van der Waals surface area contributed by atoms with E-state index in [1.807, 2.05) is 4.90 Å². The van der Waals surface area contributed by atoms with Gasteiger partial charge in [-0.1, -0.05) is 6.07 Å². The van der Waals surface area contributed by atoms with Gasteiger partial charge in [-0.25, -0.2) is 22.9 Å². The average Bonchev–Trinajstić information content (AvgIpc) is 3.27. The highest BCUT2D eigenvalue weighted by Gasteiger charge is 2.40. The third-order valence-electron chi connectivity index (χ3n) is 6.22. The number of aromatic nitrogens is 2. The predicted molar refractivity (Wildman–Crippen MR) is 123 cm³/mol. The molecule has 10 nitrogen and oxygen atoms in total. The molecule has 0 radical (unpaired) electrons. The number of hydrazine groups is 1. The first-order chi connectivity index (χ1) is 15.9. The molecule has 3 unspecified atom stereocenters. The molecule has 180 valence electrons. The van der Waals surface area contributed by atoms with E-state index in [9.17, 15) is 8.42 Å². The van der Waals surface area contributed by atoms with Gasteiger partial charge < -0.3 is 15.0 Å². The molecule has 2 aliphatic rings. The number of hydrogen-bond donors (Lipinski definition) is 4. The number of rotatable bonds is 9. The van der Waals surface area contributed by atoms with Gasteiger partial charge in [0.2, 0.25) is 16.0 Å². The van der Waals surface area contributed by atoms with Gasteiger partial charge >= 0.3 is 0 Å². The number of hydrogen-bond acceptors (Lipinski definition) is 9. The molecule has 3 atom stereocenters. The van der Waals surface area contributed by atoms with Crippen LogP contribution in [0.4, 0.5) is 21.8 Å². The van der Waals surface area contributed by atoms with Crippen LogP contribution in [0.3, 0.4) is 0 Å². The summed E-state index contributed by atoms with van der Waals surface area (Å²) in [6, 6.07) is 6.48. The highest BCUT2D eigenvalue weighted by Crippen LogP contribution is 2.34. The number of benzene rings is 1. The molecule has 0 spiro atoms. The van der Waals surface area contributed by atoms with Gasteiger partial charge in [-0.2, -0.15) is 4.98 Å². The van der Waals surface area contributed by atoms with E-state index in [0.29, 0.717) is 30.8 Å². The van der Waals surface area contributed by atoms with Crippen molar-refractivity contribution in [1.82, 2.24) is 20.8 Å². The summed E-state index contributed by atoms with van der Waals surface area (Å²) in [6.45, 7) is 1.97. The molecule has 2 fully saturated rings. The molecule has 12 heteroatoms. The van der Waals surface area contributed by atoms with E-state index in [2.05, 4.69) is 26.1 Å². The van der Waals surface area contributed by atoms with Crippen molar-refractivity contribution < 1.29 is 17.5 Å². The molecule has 1 aromatic heterocycles. The second-order valence-electron chi connectivity index (χ2n) is 8.40. The van der Waals surface area contributed by atoms with Crippen LogP contribution >= 0.6 is 0 Å². The van der Waals surface area contributed by atoms with Crippen molar-refractivity contribution >= 4 is 27.5 Å². The molecule has 1 aliphatic heterocycles. The molecule has 1 saturated carbocycles. The number of nitrogens with one attached hydrogen (secondary N) is 3. The number of methoxy groups -OCH3 is 1. The summed E-state index contributed by atoms with van der Waals surface area (Å²) in [5.41, 5.74) is 7.02. The SMILES string of the molecule is COCCCN(c1nc(Nc2cccc(S(N)(=O)=O)c2)ncc1F)C1CCCC2NNCC21. The minimum Gasteiger partial charge on any atom is -0.385 e. The third kappa shape index (κ3) is 5.58. The Bertz CT molecular complexity index is 1070. The molecule has 2 aromatic rings. The topological polar surface area (TPSA) is 134 Å². The number of ether oxygens (including phenoxy) is 1. The summed E-state index contributed by atoms with van der Waals surface area (Å²) in [5.74, 6) is 0.226. The summed E-state index contributed by atoms with van der Waals surface area (Å²) in [6.07, 6.45) is 4.94. The zero-order chi connectivity index (χ0) is 23.4. The van der Waals surface area contributed by atoms with E-state index in [0.717, 1.165) is 38.4 Å². The standard InChI is InChI=1S/C21H30FN7O3S/c1-32-10-4-9-29(19-8-3-7-18-16(19)12-25-28-18)20-17(22)13-24-21(27-20)26-14-5-2-6-15(11-14)33(23,30)31/h2,5-6,11,13,16,18-19,25,28H,3-4,7-10,12H2,1H3,(H2,23,30,31)(H,24,26,27). The van der Waals surface area contributed by atoms with Gasteiger partial charge in [0.1, 0.15) is 0 Å². The van der Waals surface area contributed by atoms with Gasteiger partial charge in [0, 0.05) is 50.5 Å². The normalized spacial score (nSPS) is 22.7. The van der Waals surface area contributed by atoms with Crippen LogP contribution in [0.2, 0.25) is 0 Å². The second kappa shape index (κ2) is 10.3. The van der Waals surface area contributed by atoms with Crippen molar-refractivity contribution in [3.8, 4) is 0 Å². The van der Waals surface area contributed by atoms with Crippen molar-refractivity contribution in [2.24, 2.45) is 11.1 Å². The van der Waals surface area contributed by atoms with Gasteiger partial charge in [-0.15, -0.1) is 0 Å². The van der Waals surface area contributed by atoms with Crippen LogP contribution in [0.15, 0.2) is 35.4 Å². The molecule has 5 N–H and O–H groups in total. The first-order valence-corrected chi connectivity index (χ1v) is 12.6. The maximum atomic E-state index is 15.0. The van der Waals surface area contributed by atoms with Crippen molar-refractivity contribution in [3.63, 3.8) is 0 Å². The number of fused-ring (bicyclic) bond motifs is 1. The largest absolute Gasteiger partial charge is 0.385 e. The highest BCUT2D eigenvalue weighted by atomic mass is 32.2. The van der Waals surface area contributed by atoms with Crippen LogP contribution < -0.4 is 26.2 Å². The number of primary sulfonamides is 1. The number of anilines is 3. The van der Waals surface area contributed by atoms with Gasteiger partial charge in [0.05, 0.1) is 11.1 Å². The average molecular weight is 480 g/mol. The molecule has 1 aliphatic carbocycles. The molecule has 4 rings (SSSR count). The lowest BCUT2D eigenvalue weighted by Gasteiger charge is -2.41. The molecule has 0 amide bonds. The zero-order valence-electron chi connectivity index (χ0n) is 18.5. The van der Waals surface area contributed by atoms with Crippen LogP contribution in [-0.4, -0.2) is 57.3 Å². The van der Waals surface area contributed by atoms with Crippen molar-refractivity contribution in [3.05, 3.63) is 36.3 Å². The Morgan fingerprint density at radius 2 is 2.21 bits per heavy atom. The monoisotopic (exact) mass is 479 g/mol. The molecular formula is C21H30FN7O3S. The summed E-state index contributed by atoms with van der Waals surface area (Å²) in [4.78, 5) is 10.6. The van der Waals surface area contributed by atoms with Gasteiger partial charge in [0.25, 0.3) is 0 Å². The lowest BCUT2D eigenvalue weighted by Crippen LogP contribution is -2.50. The Balaban J connectivity index is 1.63. The van der Waals surface area contributed by atoms with E-state index in [4.69, 9.17) is 9.88 Å². The Morgan fingerprint density at radius 1 is 1.36 bits per heavy atom. The van der Waals surface area contributed by atoms with Gasteiger partial charge in [0.15, 0.2) is 11.6 Å². The predicted octanol–water partition coefficient (Wildman–Crippen LogP) is 1.49. The minimum atomic E-state index is -3.85. The van der Waals surface area contributed by atoms with Gasteiger partial charge in [-0.05, 0) is 43.9 Å². The zero-order valence-corrected chi connectivity index (χ0v) is 19.3. The van der Waals surface area contributed by atoms with Crippen LogP contribution in [-0.2, 0) is 14.8 Å². The fraction of sp³-hybridized carbons (Fsp3) is 0.524. The summed E-state index contributed by atoms with van der Waals surface area (Å²) in [5, 5.41) is 8.19. The lowest BCUT2D eigenvalue weighted by atomic mass is 9.80. The lowest BCUT2D eigenvalue weighted by molar-refractivity contribution is 0.192. The Hall–Kier alpha value is -2.38. The van der Waals surface area contributed by atoms with E-state index in [1.54, 1.807) is 19.2 Å². The van der Waals surface area contributed by atoms with Crippen LogP contribution in [0.25, 0.3) is 0 Å². The third-order valence-corrected chi connectivity index (χ3v) is 7.13. The minimum absolute atomic E-state index is 0.0366. The number of halogens is 1. The maximum Gasteiger partial charge on any atom is 0.238 e. The summed E-state index contributed by atoms with van der Waals surface area (Å²) in [7, 11) is -2.21. The van der Waals surface area contributed by atoms with E-state index in [1.165, 1.54) is 12.1 Å². The first kappa shape index (κ1) is 23.8. The van der Waals surface area contributed by atoms with Crippen molar-refractivity contribution in [2.75, 3.05) is 37.0 Å². The Labute approximate surface area is 193 Å². The highest BCUT2D eigenvalue weighted by molar-refractivity contribution is 7.89. The van der Waals surface area contributed by atoms with E-state index >= 15 is 4.39 Å². The molecule has 2 heterocycles. The Morgan fingerprint density at radius 3 is 3.00 bits per heavy atom. The molecular weight excluding hydrogens is 449 g/mol. The fourth-order valence-electron chi connectivity index (χ4n) is 4.70. The van der Waals surface area contributed by atoms with Crippen molar-refractivity contribution in [2.45, 2.75) is 42.7 Å². The number of nitrogens with two attached hydrogens (primary N) is 1. The van der Waals surface area contributed by atoms with E-state index < -0.39 is 15.8 Å². The molecule has 0 bridgehead atoms. The number of sulfonamides is 1. The van der Waals surface area contributed by atoms with Crippen molar-refractivity contribution in [1.29, 1.82) is 0 Å². The number of nitrogens with zero attached hydrogens (tertiary/aromatic N) is 3. The van der Waals surface area contributed by atoms with E-state index in [-0.39, 0.29) is 22.7 Å². The first-order valence-electron chi connectivity index (χ1n) is 11.0. The molecule has 33 heavy (non-hydrogen) atoms. The molecule has 1 saturated heterocycles. The van der Waals surface area contributed by atoms with Gasteiger partial charge in [-0.3, -0.25) is 10.9 Å². The smallest absolute Gasteiger partial charge is 0.238 e. The Kier molecular flexibility index (Phi) is 7.39. The van der Waals surface area contributed by atoms with Crippen LogP contribution in [0.1, 0.15) is 25.7 Å². The van der Waals surface area contributed by atoms with Crippen LogP contribution in [0.5, 0.6) is 0 Å². The van der Waals surface area contributed by atoms with Crippen LogP contribution in [0, 0.1) is 11.7 Å². The second-order valence-corrected chi connectivity index (χ2v) is 9.96. The quantitative estimate of drug-likeness (QED) is 0.395. The molecule has 1 aromatic carbocycles. The fourth-order valence-corrected chi connectivity index (χ4v) is 5.26. The maximum absolute atomic E-state index is 15.0. The summed E-state index contributed by atoms with van der Waals surface area (Å²) >= 11 is 0. The summed E-state index contributed by atoms with van der Waals surface area (Å²) < 4.78 is 43.6.